The molecule has 0 aromatic carbocycles. The summed E-state index contributed by atoms with van der Waals surface area (Å²) in [5.41, 5.74) is 0. The van der Waals surface area contributed by atoms with Crippen LogP contribution in [0.3, 0.4) is 0 Å². The molecule has 0 aliphatic rings. The maximum Gasteiger partial charge on any atom is 0.0597 e. The molecule has 3 heteroatoms. The summed E-state index contributed by atoms with van der Waals surface area (Å²) in [4.78, 5) is 0. The van der Waals surface area contributed by atoms with E-state index in [9.17, 15) is 0 Å². The molecular formula is C4H10INS. The van der Waals surface area contributed by atoms with Gasteiger partial charge < -0.3 is 0 Å². The van der Waals surface area contributed by atoms with Crippen LogP contribution in [0.5, 0.6) is 0 Å². The van der Waals surface area contributed by atoms with Crippen LogP contribution in [0, 0.1) is 0 Å². The highest BCUT2D eigenvalue weighted by atomic mass is 127. The zero-order chi connectivity index (χ0) is 5.70. The minimum atomic E-state index is 0.593. The first-order valence-electron chi connectivity index (χ1n) is 2.29. The summed E-state index contributed by atoms with van der Waals surface area (Å²) in [6, 6.07) is 0. The highest BCUT2D eigenvalue weighted by Crippen LogP contribution is 1.98. The van der Waals surface area contributed by atoms with E-state index in [0.717, 1.165) is 5.88 Å². The average molecular weight is 231 g/mol. The molecule has 0 aromatic rings. The summed E-state index contributed by atoms with van der Waals surface area (Å²) in [7, 11) is 0. The fourth-order valence-electron chi connectivity index (χ4n) is 0.243. The van der Waals surface area contributed by atoms with Gasteiger partial charge in [0.25, 0.3) is 0 Å². The van der Waals surface area contributed by atoms with Crippen molar-refractivity contribution < 1.29 is 0 Å². The fourth-order valence-corrected chi connectivity index (χ4v) is 1.03. The predicted molar refractivity (Wildman–Crippen MR) is 45.1 cm³/mol. The van der Waals surface area contributed by atoms with Crippen LogP contribution < -0.4 is 5.32 Å². The van der Waals surface area contributed by atoms with Crippen LogP contribution >= 0.6 is 35.2 Å². The molecule has 0 amide bonds. The molecule has 0 saturated carbocycles. The van der Waals surface area contributed by atoms with Gasteiger partial charge in [0.2, 0.25) is 0 Å². The standard InChI is InChI=1S/C4H10INS/c1-2-4(5)6-3-7/h4,6-7H,2-3H2,1H3. The Bertz CT molecular complexity index is 42.7. The lowest BCUT2D eigenvalue weighted by Crippen LogP contribution is -2.19. The Labute approximate surface area is 63.8 Å². The third-order valence-electron chi connectivity index (χ3n) is 0.671. The van der Waals surface area contributed by atoms with Gasteiger partial charge in [-0.05, 0) is 6.42 Å². The number of hydrogen-bond donors (Lipinski definition) is 2. The van der Waals surface area contributed by atoms with E-state index in [0.29, 0.717) is 4.05 Å². The van der Waals surface area contributed by atoms with Gasteiger partial charge in [-0.1, -0.05) is 29.5 Å². The molecule has 1 nitrogen and oxygen atoms in total. The Morgan fingerprint density at radius 2 is 2.43 bits per heavy atom. The summed E-state index contributed by atoms with van der Waals surface area (Å²) >= 11 is 6.34. The SMILES string of the molecule is CCC(I)NCS. The van der Waals surface area contributed by atoms with Crippen molar-refractivity contribution in [1.29, 1.82) is 0 Å². The molecule has 0 spiro atoms. The van der Waals surface area contributed by atoms with E-state index in [1.807, 2.05) is 0 Å². The van der Waals surface area contributed by atoms with Crippen molar-refractivity contribution >= 4 is 35.2 Å². The van der Waals surface area contributed by atoms with Gasteiger partial charge in [-0.3, -0.25) is 5.32 Å². The zero-order valence-electron chi connectivity index (χ0n) is 4.32. The van der Waals surface area contributed by atoms with E-state index in [1.165, 1.54) is 6.42 Å². The number of halogens is 1. The molecule has 0 aromatic heterocycles. The molecule has 0 aliphatic heterocycles. The summed E-state index contributed by atoms with van der Waals surface area (Å²) in [5, 5.41) is 3.15. The fraction of sp³-hybridized carbons (Fsp3) is 1.00. The Balaban J connectivity index is 2.83. The summed E-state index contributed by atoms with van der Waals surface area (Å²) < 4.78 is 0.593. The third-order valence-corrected chi connectivity index (χ3v) is 2.17. The predicted octanol–water partition coefficient (Wildman–Crippen LogP) is 1.63. The van der Waals surface area contributed by atoms with Gasteiger partial charge in [0.15, 0.2) is 0 Å². The molecule has 0 aliphatic carbocycles. The molecule has 0 heterocycles. The topological polar surface area (TPSA) is 12.0 Å². The second kappa shape index (κ2) is 5.18. The minimum Gasteiger partial charge on any atom is -0.297 e. The Kier molecular flexibility index (Phi) is 5.95. The highest BCUT2D eigenvalue weighted by Gasteiger charge is 1.92. The van der Waals surface area contributed by atoms with Crippen molar-refractivity contribution in [3.05, 3.63) is 0 Å². The first-order chi connectivity index (χ1) is 3.31. The molecule has 0 rings (SSSR count). The molecule has 0 radical (unpaired) electrons. The molecule has 7 heavy (non-hydrogen) atoms. The number of rotatable bonds is 3. The molecule has 44 valence electrons. The van der Waals surface area contributed by atoms with E-state index in [2.05, 4.69) is 47.5 Å². The zero-order valence-corrected chi connectivity index (χ0v) is 7.37. The number of thiol groups is 1. The van der Waals surface area contributed by atoms with Gasteiger partial charge in [-0.15, -0.1) is 0 Å². The molecule has 0 bridgehead atoms. The van der Waals surface area contributed by atoms with E-state index in [-0.39, 0.29) is 0 Å². The van der Waals surface area contributed by atoms with Crippen molar-refractivity contribution in [3.8, 4) is 0 Å². The van der Waals surface area contributed by atoms with Gasteiger partial charge in [0.05, 0.1) is 4.05 Å². The van der Waals surface area contributed by atoms with Gasteiger partial charge in [0, 0.05) is 5.88 Å². The monoisotopic (exact) mass is 231 g/mol. The number of alkyl halides is 1. The van der Waals surface area contributed by atoms with E-state index >= 15 is 0 Å². The number of hydrogen-bond acceptors (Lipinski definition) is 2. The lowest BCUT2D eigenvalue weighted by atomic mass is 10.5. The summed E-state index contributed by atoms with van der Waals surface area (Å²) in [6.45, 7) is 2.15. The summed E-state index contributed by atoms with van der Waals surface area (Å²) in [5.74, 6) is 0.779. The quantitative estimate of drug-likeness (QED) is 0.247. The third kappa shape index (κ3) is 4.90. The van der Waals surface area contributed by atoms with Crippen LogP contribution in [-0.4, -0.2) is 9.93 Å². The van der Waals surface area contributed by atoms with Crippen LogP contribution in [0.15, 0.2) is 0 Å². The Morgan fingerprint density at radius 1 is 1.86 bits per heavy atom. The van der Waals surface area contributed by atoms with E-state index < -0.39 is 0 Å². The van der Waals surface area contributed by atoms with Gasteiger partial charge in [0.1, 0.15) is 0 Å². The van der Waals surface area contributed by atoms with Gasteiger partial charge >= 0.3 is 0 Å². The van der Waals surface area contributed by atoms with Crippen LogP contribution in [0.2, 0.25) is 0 Å². The Morgan fingerprint density at radius 3 is 2.57 bits per heavy atom. The normalized spacial score (nSPS) is 14.1. The minimum absolute atomic E-state index is 0.593. The second-order valence-corrected chi connectivity index (χ2v) is 3.06. The van der Waals surface area contributed by atoms with Gasteiger partial charge in [-0.25, -0.2) is 0 Å². The van der Waals surface area contributed by atoms with Crippen LogP contribution in [0.25, 0.3) is 0 Å². The Hall–Kier alpha value is 1.04. The van der Waals surface area contributed by atoms with Crippen molar-refractivity contribution in [2.75, 3.05) is 5.88 Å². The lowest BCUT2D eigenvalue weighted by molar-refractivity contribution is 0.731. The first kappa shape index (κ1) is 8.04. The lowest BCUT2D eigenvalue weighted by Gasteiger charge is -2.03. The second-order valence-electron chi connectivity index (χ2n) is 1.24. The smallest absolute Gasteiger partial charge is 0.0597 e. The largest absolute Gasteiger partial charge is 0.297 e. The molecular weight excluding hydrogens is 221 g/mol. The maximum absolute atomic E-state index is 4.00. The molecule has 1 unspecified atom stereocenters. The summed E-state index contributed by atoms with van der Waals surface area (Å²) in [6.07, 6.45) is 1.17. The molecule has 0 saturated heterocycles. The van der Waals surface area contributed by atoms with E-state index in [4.69, 9.17) is 0 Å². The highest BCUT2D eigenvalue weighted by molar-refractivity contribution is 14.1. The first-order valence-corrected chi connectivity index (χ1v) is 4.17. The molecule has 1 atom stereocenters. The molecule has 1 N–H and O–H groups in total. The van der Waals surface area contributed by atoms with E-state index in [1.54, 1.807) is 0 Å². The van der Waals surface area contributed by atoms with Crippen molar-refractivity contribution in [1.82, 2.24) is 5.32 Å². The molecule has 0 fully saturated rings. The van der Waals surface area contributed by atoms with Gasteiger partial charge in [-0.2, -0.15) is 12.6 Å². The maximum atomic E-state index is 4.00. The van der Waals surface area contributed by atoms with Crippen LogP contribution in [0.1, 0.15) is 13.3 Å². The van der Waals surface area contributed by atoms with Crippen LogP contribution in [-0.2, 0) is 0 Å². The average Bonchev–Trinajstić information content (AvgIpc) is 1.68. The van der Waals surface area contributed by atoms with Crippen molar-refractivity contribution in [2.45, 2.75) is 17.4 Å². The number of nitrogens with one attached hydrogen (secondary N) is 1. The van der Waals surface area contributed by atoms with Crippen LogP contribution in [0.4, 0.5) is 0 Å². The van der Waals surface area contributed by atoms with Crippen molar-refractivity contribution in [2.24, 2.45) is 0 Å². The van der Waals surface area contributed by atoms with Crippen molar-refractivity contribution in [3.63, 3.8) is 0 Å².